The lowest BCUT2D eigenvalue weighted by Crippen LogP contribution is -2.32. The predicted octanol–water partition coefficient (Wildman–Crippen LogP) is 2.38. The number of hydrogen-bond donors (Lipinski definition) is 1. The summed E-state index contributed by atoms with van der Waals surface area (Å²) in [4.78, 5) is 1.08. The van der Waals surface area contributed by atoms with Crippen molar-refractivity contribution in [2.45, 2.75) is 30.5 Å². The predicted molar refractivity (Wildman–Crippen MR) is 87.0 cm³/mol. The number of nitrogens with zero attached hydrogens (tertiary/aromatic N) is 1. The van der Waals surface area contributed by atoms with E-state index in [-0.39, 0.29) is 0 Å². The largest absolute Gasteiger partial charge is 0.312 e. The summed E-state index contributed by atoms with van der Waals surface area (Å²) < 4.78 is 27.3. The summed E-state index contributed by atoms with van der Waals surface area (Å²) >= 11 is 3.23. The fraction of sp³-hybridized carbons (Fsp3) is 0.692. The van der Waals surface area contributed by atoms with Gasteiger partial charge in [-0.05, 0) is 37.3 Å². The zero-order valence-electron chi connectivity index (χ0n) is 11.8. The van der Waals surface area contributed by atoms with E-state index >= 15 is 0 Å². The molecule has 0 unspecified atom stereocenters. The van der Waals surface area contributed by atoms with Gasteiger partial charge in [0.25, 0.3) is 10.0 Å². The van der Waals surface area contributed by atoms with Crippen LogP contribution < -0.4 is 5.32 Å². The van der Waals surface area contributed by atoms with Crippen molar-refractivity contribution in [3.05, 3.63) is 17.0 Å². The van der Waals surface area contributed by atoms with Gasteiger partial charge in [0.1, 0.15) is 4.21 Å². The molecular formula is C13H22N2O2S3. The van der Waals surface area contributed by atoms with Gasteiger partial charge < -0.3 is 5.32 Å². The zero-order valence-corrected chi connectivity index (χ0v) is 14.2. The van der Waals surface area contributed by atoms with Crippen molar-refractivity contribution in [1.82, 2.24) is 9.62 Å². The molecule has 1 aliphatic rings. The van der Waals surface area contributed by atoms with Crippen molar-refractivity contribution in [3.63, 3.8) is 0 Å². The van der Waals surface area contributed by atoms with Crippen molar-refractivity contribution >= 4 is 33.1 Å². The van der Waals surface area contributed by atoms with Crippen molar-refractivity contribution in [2.24, 2.45) is 0 Å². The first-order valence-electron chi connectivity index (χ1n) is 7.02. The summed E-state index contributed by atoms with van der Waals surface area (Å²) in [6.45, 7) is 5.12. The molecule has 1 fully saturated rings. The summed E-state index contributed by atoms with van der Waals surface area (Å²) in [6, 6.07) is 3.67. The van der Waals surface area contributed by atoms with Gasteiger partial charge in [0.05, 0.1) is 0 Å². The van der Waals surface area contributed by atoms with E-state index in [1.807, 2.05) is 17.8 Å². The molecule has 2 heterocycles. The van der Waals surface area contributed by atoms with Crippen molar-refractivity contribution in [1.29, 1.82) is 0 Å². The van der Waals surface area contributed by atoms with Gasteiger partial charge in [0.15, 0.2) is 0 Å². The molecule has 0 aromatic carbocycles. The molecular weight excluding hydrogens is 312 g/mol. The molecule has 0 saturated carbocycles. The number of sulfonamides is 1. The smallest absolute Gasteiger partial charge is 0.252 e. The fourth-order valence-corrected chi connectivity index (χ4v) is 6.03. The van der Waals surface area contributed by atoms with Crippen LogP contribution >= 0.6 is 23.1 Å². The average molecular weight is 335 g/mol. The van der Waals surface area contributed by atoms with Gasteiger partial charge in [-0.3, -0.25) is 0 Å². The Morgan fingerprint density at radius 3 is 2.95 bits per heavy atom. The summed E-state index contributed by atoms with van der Waals surface area (Å²) in [7, 11) is -3.28. The van der Waals surface area contributed by atoms with Gasteiger partial charge in [-0.15, -0.1) is 11.3 Å². The molecule has 1 aliphatic heterocycles. The van der Waals surface area contributed by atoms with E-state index < -0.39 is 10.0 Å². The highest BCUT2D eigenvalue weighted by Crippen LogP contribution is 2.26. The van der Waals surface area contributed by atoms with E-state index in [1.54, 1.807) is 10.4 Å². The number of hydrogen-bond acceptors (Lipinski definition) is 5. The Balaban J connectivity index is 2.05. The summed E-state index contributed by atoms with van der Waals surface area (Å²) in [5.74, 6) is 1.96. The van der Waals surface area contributed by atoms with Crippen molar-refractivity contribution in [3.8, 4) is 0 Å². The van der Waals surface area contributed by atoms with E-state index in [1.165, 1.54) is 11.3 Å². The lowest BCUT2D eigenvalue weighted by Gasteiger charge is -2.18. The van der Waals surface area contributed by atoms with Crippen LogP contribution in [0.25, 0.3) is 0 Å². The number of nitrogens with one attached hydrogen (secondary N) is 1. The highest BCUT2D eigenvalue weighted by atomic mass is 32.2. The standard InChI is InChI=1S/C13H22N2O2S3/c1-2-6-14-11-12-4-5-13(19-12)20(16,17)15-7-3-9-18-10-8-15/h4-5,14H,2-3,6-11H2,1H3. The van der Waals surface area contributed by atoms with E-state index in [2.05, 4.69) is 12.2 Å². The molecule has 1 aromatic rings. The quantitative estimate of drug-likeness (QED) is 0.812. The van der Waals surface area contributed by atoms with Crippen LogP contribution in [0, 0.1) is 0 Å². The third-order valence-electron chi connectivity index (χ3n) is 3.14. The maximum atomic E-state index is 12.6. The normalized spacial score (nSPS) is 18.1. The van der Waals surface area contributed by atoms with Gasteiger partial charge >= 0.3 is 0 Å². The molecule has 0 spiro atoms. The van der Waals surface area contributed by atoms with Crippen LogP contribution in [0.4, 0.5) is 0 Å². The Morgan fingerprint density at radius 1 is 1.30 bits per heavy atom. The maximum absolute atomic E-state index is 12.6. The van der Waals surface area contributed by atoms with Crippen molar-refractivity contribution < 1.29 is 8.42 Å². The van der Waals surface area contributed by atoms with Gasteiger partial charge in [-0.25, -0.2) is 8.42 Å². The van der Waals surface area contributed by atoms with Crippen molar-refractivity contribution in [2.75, 3.05) is 31.1 Å². The second-order valence-electron chi connectivity index (χ2n) is 4.77. The average Bonchev–Trinajstić information content (AvgIpc) is 2.73. The Bertz CT molecular complexity index is 505. The van der Waals surface area contributed by atoms with Crippen LogP contribution in [0.1, 0.15) is 24.6 Å². The maximum Gasteiger partial charge on any atom is 0.252 e. The lowest BCUT2D eigenvalue weighted by atomic mass is 10.4. The molecule has 0 amide bonds. The SMILES string of the molecule is CCCNCc1ccc(S(=O)(=O)N2CCCSCC2)s1. The molecule has 20 heavy (non-hydrogen) atoms. The Kier molecular flexibility index (Phi) is 6.35. The van der Waals surface area contributed by atoms with Crippen LogP contribution in [0.3, 0.4) is 0 Å². The third kappa shape index (κ3) is 4.21. The van der Waals surface area contributed by atoms with Crippen LogP contribution in [-0.2, 0) is 16.6 Å². The van der Waals surface area contributed by atoms with Crippen LogP contribution in [0.2, 0.25) is 0 Å². The van der Waals surface area contributed by atoms with Gasteiger partial charge in [-0.1, -0.05) is 6.92 Å². The Labute approximate surface area is 130 Å². The first-order chi connectivity index (χ1) is 9.64. The molecule has 7 heteroatoms. The molecule has 114 valence electrons. The zero-order chi connectivity index (χ0) is 14.4. The molecule has 0 aliphatic carbocycles. The molecule has 0 atom stereocenters. The minimum atomic E-state index is -3.28. The Hall–Kier alpha value is -0.0800. The van der Waals surface area contributed by atoms with E-state index in [0.717, 1.165) is 42.3 Å². The second kappa shape index (κ2) is 7.79. The minimum absolute atomic E-state index is 0.484. The summed E-state index contributed by atoms with van der Waals surface area (Å²) in [6.07, 6.45) is 2.03. The van der Waals surface area contributed by atoms with E-state index in [4.69, 9.17) is 0 Å². The highest BCUT2D eigenvalue weighted by molar-refractivity contribution is 7.99. The third-order valence-corrected chi connectivity index (χ3v) is 7.64. The van der Waals surface area contributed by atoms with Crippen LogP contribution in [0.15, 0.2) is 16.3 Å². The number of rotatable bonds is 6. The monoisotopic (exact) mass is 334 g/mol. The molecule has 0 radical (unpaired) electrons. The number of thioether (sulfide) groups is 1. The molecule has 2 rings (SSSR count). The molecule has 4 nitrogen and oxygen atoms in total. The second-order valence-corrected chi connectivity index (χ2v) is 9.33. The fourth-order valence-electron chi connectivity index (χ4n) is 2.07. The van der Waals surface area contributed by atoms with Gasteiger partial charge in [0, 0.05) is 30.3 Å². The molecule has 1 saturated heterocycles. The minimum Gasteiger partial charge on any atom is -0.312 e. The van der Waals surface area contributed by atoms with E-state index in [0.29, 0.717) is 17.3 Å². The topological polar surface area (TPSA) is 49.4 Å². The highest BCUT2D eigenvalue weighted by Gasteiger charge is 2.26. The lowest BCUT2D eigenvalue weighted by molar-refractivity contribution is 0.436. The van der Waals surface area contributed by atoms with Gasteiger partial charge in [0.2, 0.25) is 0 Å². The van der Waals surface area contributed by atoms with Gasteiger partial charge in [-0.2, -0.15) is 16.1 Å². The van der Waals surface area contributed by atoms with Crippen LogP contribution in [0.5, 0.6) is 0 Å². The van der Waals surface area contributed by atoms with Crippen LogP contribution in [-0.4, -0.2) is 43.9 Å². The van der Waals surface area contributed by atoms with E-state index in [9.17, 15) is 8.42 Å². The first-order valence-corrected chi connectivity index (χ1v) is 10.4. The molecule has 1 aromatic heterocycles. The number of thiophene rings is 1. The molecule has 0 bridgehead atoms. The summed E-state index contributed by atoms with van der Waals surface area (Å²) in [5, 5.41) is 3.30. The molecule has 1 N–H and O–H groups in total. The Morgan fingerprint density at radius 2 is 2.15 bits per heavy atom. The first kappa shape index (κ1) is 16.3. The summed E-state index contributed by atoms with van der Waals surface area (Å²) in [5.41, 5.74) is 0.